The molecule has 0 aliphatic heterocycles. The number of likely N-dealkylation sites (N-methyl/N-ethyl adjacent to an activating group) is 3. The van der Waals surface area contributed by atoms with E-state index in [1.807, 2.05) is 25.1 Å². The number of phenols is 3. The number of fused-ring (bicyclic) bond motifs is 9. The molecule has 3 aromatic rings. The fourth-order valence-electron chi connectivity index (χ4n) is 19.5. The van der Waals surface area contributed by atoms with Gasteiger partial charge in [-0.05, 0) is 172 Å². The zero-order chi connectivity index (χ0) is 90.2. The molecule has 36 heteroatoms. The van der Waals surface area contributed by atoms with Crippen molar-refractivity contribution in [2.45, 2.75) is 139 Å². The standard InChI is InChI=1S/C30H42N4O7.C28H35N5O8.C27H35FN4O7/c1-29(2,3)8-9-32-13-15-12-18(33(4)5)16-10-14-11-17-22(34(6)7)25(37)21(28(31)40)27(39)30(17,41)26(38)19(14)24(36)20(16)23(15)35;1-32(2)15-9-12(10-31-26(40)27(30)5-6-27)20(34)17-13(15)7-11-8-14-19(33(3)4)22(36)18(25(29)39)24(38)28(14,41)23(37)16(11)21(17)35;1-30(2)16-10-13(11-32(5)7-6-28)21(33)18-14(16)8-12-9-15-20(31(3)4)23(35)19(26(29)38)25(37)27(15,39)24(36)17(12)22(18)34/h12,14,17,22,32,35-36,39,41H,8-11,13H2,1-7H3,(H2,31,40);9,11,14,19,34-35,38,41H,5-8,10,30H2,1-4H3,(H2,29,39)(H,31,40);10,12,15,20,33-34,37,39H,6-9,11H2,1-5H3,(H2,29,38)/t14-,17-,22-,30-;11-,14-,19-,28-;12-,15-,20?,27-/m000/s1. The quantitative estimate of drug-likeness (QED) is 0.0557. The minimum atomic E-state index is -2.71. The fraction of sp³-hybridized carbons (Fsp3) is 0.529. The van der Waals surface area contributed by atoms with E-state index in [1.54, 1.807) is 104 Å². The smallest absolute Gasteiger partial charge is 0.255 e. The third kappa shape index (κ3) is 14.9. The SMILES string of the molecule is CN(C)c1cc(CNC(=O)C2(N)CC2)c(O)c2c1C[C@H]1C[C@H]3[C@H](N(C)C)C(=O)C(C(N)=O)=C(O)[C@@]3(O)C(=O)C1=C2O.CN(C)c1cc(CNCCC(C)(C)C)c(O)c2c1C[C@H]1C[C@H]3[C@H](N(C)C)C(=O)C(C(N)=O)=C(O)[C@@]3(O)C(=O)C1=C2O.CN(CCF)Cc1cc(N(C)C)c2c(c1O)C(O)=C1C(=O)[C@]3(O)C(O)=C(C(N)=O)C(=O)C(N(C)C)[C@@H]3C[C@@H]1C2. The largest absolute Gasteiger partial charge is 0.508 e. The number of nitrogens with one attached hydrogen (secondary N) is 2. The second-order valence-electron chi connectivity index (χ2n) is 36.1. The highest BCUT2D eigenvalue weighted by Gasteiger charge is 2.68. The molecule has 0 saturated heterocycles. The van der Waals surface area contributed by atoms with E-state index in [0.717, 1.165) is 12.1 Å². The number of primary amides is 3. The first kappa shape index (κ1) is 90.9. The summed E-state index contributed by atoms with van der Waals surface area (Å²) in [4.78, 5) is 142. The van der Waals surface area contributed by atoms with Crippen molar-refractivity contribution in [3.8, 4) is 17.2 Å². The third-order valence-electron chi connectivity index (χ3n) is 25.7. The van der Waals surface area contributed by atoms with Gasteiger partial charge in [0.15, 0.2) is 34.2 Å². The number of hydrogen-bond donors (Lipinski definition) is 18. The van der Waals surface area contributed by atoms with Crippen LogP contribution in [0, 0.1) is 40.9 Å². The molecule has 4 saturated carbocycles. The van der Waals surface area contributed by atoms with E-state index >= 15 is 0 Å². The summed E-state index contributed by atoms with van der Waals surface area (Å²) >= 11 is 0. The van der Waals surface area contributed by atoms with Gasteiger partial charge in [-0.1, -0.05) is 20.8 Å². The number of anilines is 3. The summed E-state index contributed by atoms with van der Waals surface area (Å²) in [7, 11) is 21.8. The molecule has 1 unspecified atom stereocenters. The molecule has 0 spiro atoms. The number of ketones is 6. The zero-order valence-corrected chi connectivity index (χ0v) is 70.8. The number of carbonyl (C=O) groups excluding carboxylic acids is 10. The molecule has 656 valence electrons. The Balaban J connectivity index is 0.000000177. The summed E-state index contributed by atoms with van der Waals surface area (Å²) in [6.45, 7) is 7.03. The van der Waals surface area contributed by atoms with Gasteiger partial charge in [-0.15, -0.1) is 0 Å². The molecule has 121 heavy (non-hydrogen) atoms. The molecular formula is C85H112FN13O22. The summed E-state index contributed by atoms with van der Waals surface area (Å²) in [6.07, 6.45) is 2.67. The van der Waals surface area contributed by atoms with Crippen molar-refractivity contribution < 1.29 is 114 Å². The summed E-state index contributed by atoms with van der Waals surface area (Å²) in [5.41, 5.74) is 15.1. The average molecular weight is 1690 g/mol. The number of rotatable bonds is 20. The number of aromatic hydroxyl groups is 3. The number of alkyl halides is 1. The van der Waals surface area contributed by atoms with Gasteiger partial charge in [0, 0.05) is 137 Å². The van der Waals surface area contributed by atoms with Gasteiger partial charge in [0.2, 0.25) is 23.3 Å². The Morgan fingerprint density at radius 1 is 0.479 bits per heavy atom. The molecule has 22 N–H and O–H groups in total. The lowest BCUT2D eigenvalue weighted by molar-refractivity contribution is -0.155. The summed E-state index contributed by atoms with van der Waals surface area (Å²) in [5.74, 6) is -20.9. The lowest BCUT2D eigenvalue weighted by Gasteiger charge is -2.50. The van der Waals surface area contributed by atoms with E-state index in [1.165, 1.54) is 14.7 Å². The van der Waals surface area contributed by atoms with Crippen LogP contribution in [-0.4, -0.2) is 291 Å². The van der Waals surface area contributed by atoms with Crippen LogP contribution in [0.1, 0.15) is 109 Å². The minimum absolute atomic E-state index is 0.00418. The Labute approximate surface area is 698 Å². The lowest BCUT2D eigenvalue weighted by atomic mass is 9.57. The van der Waals surface area contributed by atoms with E-state index in [0.29, 0.717) is 65.1 Å². The number of phenolic OH excluding ortho intramolecular Hbond substituents is 3. The molecule has 0 bridgehead atoms. The number of hydrogen-bond acceptors (Lipinski definition) is 31. The monoisotopic (exact) mass is 1690 g/mol. The van der Waals surface area contributed by atoms with Crippen LogP contribution >= 0.6 is 0 Å². The molecule has 0 radical (unpaired) electrons. The van der Waals surface area contributed by atoms with Crippen molar-refractivity contribution in [2.24, 2.45) is 63.9 Å². The molecule has 13 rings (SSSR count). The van der Waals surface area contributed by atoms with E-state index in [2.05, 4.69) is 31.4 Å². The normalized spacial score (nSPS) is 27.0. The van der Waals surface area contributed by atoms with Crippen molar-refractivity contribution in [2.75, 3.05) is 126 Å². The second-order valence-corrected chi connectivity index (χ2v) is 36.1. The number of carbonyl (C=O) groups is 10. The Morgan fingerprint density at radius 3 is 1.05 bits per heavy atom. The highest BCUT2D eigenvalue weighted by atomic mass is 19.1. The van der Waals surface area contributed by atoms with Crippen molar-refractivity contribution >= 4 is 92.7 Å². The molecule has 4 amide bonds. The molecule has 4 fully saturated rings. The predicted molar refractivity (Wildman–Crippen MR) is 442 cm³/mol. The van der Waals surface area contributed by atoms with Gasteiger partial charge in [0.05, 0.1) is 40.4 Å². The molecular weight excluding hydrogens is 1570 g/mol. The van der Waals surface area contributed by atoms with Crippen LogP contribution in [0.5, 0.6) is 17.2 Å². The third-order valence-corrected chi connectivity index (χ3v) is 25.7. The van der Waals surface area contributed by atoms with Gasteiger partial charge >= 0.3 is 0 Å². The zero-order valence-electron chi connectivity index (χ0n) is 70.8. The maximum absolute atomic E-state index is 14.1. The second kappa shape index (κ2) is 32.5. The number of halogens is 1. The molecule has 35 nitrogen and oxygen atoms in total. The van der Waals surface area contributed by atoms with Crippen molar-refractivity contribution in [1.82, 2.24) is 30.2 Å². The maximum Gasteiger partial charge on any atom is 0.255 e. The lowest BCUT2D eigenvalue weighted by Crippen LogP contribution is -2.65. The number of amides is 4. The first-order valence-electron chi connectivity index (χ1n) is 39.8. The number of nitrogens with zero attached hydrogens (tertiary/aromatic N) is 7. The van der Waals surface area contributed by atoms with Crippen LogP contribution in [-0.2, 0) is 86.8 Å². The number of nitrogens with two attached hydrogens (primary N) is 4. The predicted octanol–water partition coefficient (Wildman–Crippen LogP) is 1.12. The molecule has 0 heterocycles. The topological polar surface area (TPSA) is 564 Å². The van der Waals surface area contributed by atoms with Crippen LogP contribution in [0.2, 0.25) is 0 Å². The Hall–Kier alpha value is -10.8. The average Bonchev–Trinajstić information content (AvgIpc) is 0.910. The molecule has 10 aliphatic rings. The molecule has 0 aromatic heterocycles. The van der Waals surface area contributed by atoms with Crippen LogP contribution < -0.4 is 48.3 Å². The molecule has 10 aliphatic carbocycles. The Bertz CT molecular complexity index is 5160. The first-order valence-corrected chi connectivity index (χ1v) is 39.8. The van der Waals surface area contributed by atoms with Gasteiger partial charge in [0.1, 0.15) is 75.2 Å². The number of Topliss-reactive ketones (excluding diaryl/α,β-unsaturated/α-hetero) is 6. The highest BCUT2D eigenvalue weighted by Crippen LogP contribution is 2.59. The van der Waals surface area contributed by atoms with E-state index in [-0.39, 0.29) is 126 Å². The number of aliphatic hydroxyl groups excluding tert-OH is 6. The Kier molecular flexibility index (Phi) is 24.4. The van der Waals surface area contributed by atoms with Gasteiger partial charge in [0.25, 0.3) is 17.7 Å². The van der Waals surface area contributed by atoms with Gasteiger partial charge in [-0.25, -0.2) is 4.39 Å². The fourth-order valence-corrected chi connectivity index (χ4v) is 19.5. The number of benzene rings is 3. The first-order chi connectivity index (χ1) is 56.2. The maximum atomic E-state index is 14.1. The van der Waals surface area contributed by atoms with Gasteiger partial charge in [-0.2, -0.15) is 0 Å². The van der Waals surface area contributed by atoms with Crippen LogP contribution in [0.15, 0.2) is 68.9 Å². The van der Waals surface area contributed by atoms with Crippen molar-refractivity contribution in [1.29, 1.82) is 0 Å². The van der Waals surface area contributed by atoms with E-state index < -0.39 is 186 Å². The summed E-state index contributed by atoms with van der Waals surface area (Å²) in [6, 6.07) is 1.89. The van der Waals surface area contributed by atoms with Crippen molar-refractivity contribution in [3.63, 3.8) is 0 Å². The molecule has 12 atom stereocenters. The van der Waals surface area contributed by atoms with Crippen LogP contribution in [0.4, 0.5) is 21.5 Å². The van der Waals surface area contributed by atoms with E-state index in [4.69, 9.17) is 22.9 Å². The van der Waals surface area contributed by atoms with Gasteiger partial charge < -0.3 is 110 Å². The van der Waals surface area contributed by atoms with Crippen molar-refractivity contribution in [3.05, 3.63) is 119 Å². The van der Waals surface area contributed by atoms with Crippen LogP contribution in [0.3, 0.4) is 0 Å². The minimum Gasteiger partial charge on any atom is -0.508 e. The van der Waals surface area contributed by atoms with Crippen LogP contribution in [0.25, 0.3) is 17.3 Å². The summed E-state index contributed by atoms with van der Waals surface area (Å²) < 4.78 is 12.9. The molecule has 3 aromatic carbocycles. The number of aliphatic hydroxyl groups is 9. The summed E-state index contributed by atoms with van der Waals surface area (Å²) in [5, 5.41) is 143. The van der Waals surface area contributed by atoms with E-state index in [9.17, 15) is 114 Å². The highest BCUT2D eigenvalue weighted by molar-refractivity contribution is 6.27. The Morgan fingerprint density at radius 2 is 0.777 bits per heavy atom. The van der Waals surface area contributed by atoms with Gasteiger partial charge in [-0.3, -0.25) is 67.5 Å².